The molecule has 1 saturated carbocycles. The zero-order valence-electron chi connectivity index (χ0n) is 16.9. The first kappa shape index (κ1) is 19.4. The van der Waals surface area contributed by atoms with Gasteiger partial charge in [-0.2, -0.15) is 5.10 Å². The molecule has 1 aromatic heterocycles. The van der Waals surface area contributed by atoms with Gasteiger partial charge in [-0.25, -0.2) is 0 Å². The van der Waals surface area contributed by atoms with Gasteiger partial charge in [0.25, 0.3) is 0 Å². The number of aryl methyl sites for hydroxylation is 1. The third-order valence-corrected chi connectivity index (χ3v) is 5.18. The number of carbonyl (C=O) groups excluding carboxylic acids is 1. The lowest BCUT2D eigenvalue weighted by Gasteiger charge is -2.07. The van der Waals surface area contributed by atoms with Crippen molar-refractivity contribution < 1.29 is 4.79 Å². The highest BCUT2D eigenvalue weighted by molar-refractivity contribution is 5.80. The summed E-state index contributed by atoms with van der Waals surface area (Å²) in [4.78, 5) is 11.7. The zero-order valence-corrected chi connectivity index (χ0v) is 16.9. The number of benzene rings is 2. The summed E-state index contributed by atoms with van der Waals surface area (Å²) >= 11 is 0. The lowest BCUT2D eigenvalue weighted by Crippen LogP contribution is -2.32. The second-order valence-electron chi connectivity index (χ2n) is 7.80. The van der Waals surface area contributed by atoms with Crippen LogP contribution in [0.25, 0.3) is 11.3 Å². The summed E-state index contributed by atoms with van der Waals surface area (Å²) in [5, 5.41) is 11.3. The van der Waals surface area contributed by atoms with Crippen LogP contribution < -0.4 is 10.6 Å². The summed E-state index contributed by atoms with van der Waals surface area (Å²) in [5.74, 6) is 0.460. The molecular weight excluding hydrogens is 360 g/mol. The quantitative estimate of drug-likeness (QED) is 0.552. The van der Waals surface area contributed by atoms with Crippen molar-refractivity contribution in [1.29, 1.82) is 0 Å². The summed E-state index contributed by atoms with van der Waals surface area (Å²) < 4.78 is 2.01. The molecular formula is C24H28N4O. The van der Waals surface area contributed by atoms with Crippen molar-refractivity contribution in [1.82, 2.24) is 20.4 Å². The minimum Gasteiger partial charge on any atom is -0.355 e. The molecule has 0 saturated heterocycles. The van der Waals surface area contributed by atoms with E-state index >= 15 is 0 Å². The van der Waals surface area contributed by atoms with Crippen LogP contribution in [0.4, 0.5) is 0 Å². The van der Waals surface area contributed by atoms with Crippen LogP contribution in [0.2, 0.25) is 0 Å². The summed E-state index contributed by atoms with van der Waals surface area (Å²) in [6.45, 7) is 4.97. The maximum absolute atomic E-state index is 11.7. The molecule has 5 heteroatoms. The van der Waals surface area contributed by atoms with E-state index < -0.39 is 0 Å². The summed E-state index contributed by atoms with van der Waals surface area (Å²) in [6, 6.07) is 18.8. The van der Waals surface area contributed by atoms with Gasteiger partial charge in [-0.1, -0.05) is 54.1 Å². The van der Waals surface area contributed by atoms with E-state index in [2.05, 4.69) is 72.3 Å². The monoisotopic (exact) mass is 388 g/mol. The Morgan fingerprint density at radius 1 is 1.10 bits per heavy atom. The number of nitrogens with one attached hydrogen (secondary N) is 2. The van der Waals surface area contributed by atoms with Gasteiger partial charge in [-0.15, -0.1) is 0 Å². The van der Waals surface area contributed by atoms with Crippen LogP contribution >= 0.6 is 0 Å². The number of nitrogens with zero attached hydrogens (tertiary/aromatic N) is 2. The minimum atomic E-state index is 0.197. The van der Waals surface area contributed by atoms with Gasteiger partial charge in [-0.3, -0.25) is 9.48 Å². The molecule has 0 bridgehead atoms. The highest BCUT2D eigenvalue weighted by Gasteiger charge is 2.28. The fraction of sp³-hybridized carbons (Fsp3) is 0.333. The van der Waals surface area contributed by atoms with Crippen molar-refractivity contribution in [2.45, 2.75) is 32.9 Å². The standard InChI is InChI=1S/C24H28N4O/c1-18-6-5-9-21(14-18)23-22(15-25-12-13-26-24(29)20-10-11-20)17-28(27-23)16-19-7-3-2-4-8-19/h2-9,14,17,20,25H,10-13,15-16H2,1H3,(H,26,29). The summed E-state index contributed by atoms with van der Waals surface area (Å²) in [6.07, 6.45) is 4.21. The molecule has 1 fully saturated rings. The predicted octanol–water partition coefficient (Wildman–Crippen LogP) is 3.52. The Hall–Kier alpha value is -2.92. The minimum absolute atomic E-state index is 0.197. The highest BCUT2D eigenvalue weighted by Crippen LogP contribution is 2.28. The predicted molar refractivity (Wildman–Crippen MR) is 115 cm³/mol. The van der Waals surface area contributed by atoms with Crippen molar-refractivity contribution in [3.8, 4) is 11.3 Å². The number of aromatic nitrogens is 2. The molecule has 0 unspecified atom stereocenters. The van der Waals surface area contributed by atoms with Gasteiger partial charge >= 0.3 is 0 Å². The van der Waals surface area contributed by atoms with E-state index in [1.165, 1.54) is 16.7 Å². The van der Waals surface area contributed by atoms with E-state index in [-0.39, 0.29) is 11.8 Å². The van der Waals surface area contributed by atoms with E-state index in [9.17, 15) is 4.79 Å². The Morgan fingerprint density at radius 2 is 1.93 bits per heavy atom. The second-order valence-corrected chi connectivity index (χ2v) is 7.80. The fourth-order valence-corrected chi connectivity index (χ4v) is 3.47. The van der Waals surface area contributed by atoms with Crippen LogP contribution in [0.1, 0.15) is 29.5 Å². The van der Waals surface area contributed by atoms with Crippen molar-refractivity contribution >= 4 is 5.91 Å². The average molecular weight is 389 g/mol. The van der Waals surface area contributed by atoms with Gasteiger partial charge in [0, 0.05) is 42.9 Å². The molecule has 4 rings (SSSR count). The molecule has 3 aromatic rings. The number of amides is 1. The van der Waals surface area contributed by atoms with Crippen LogP contribution in [0, 0.1) is 12.8 Å². The molecule has 0 radical (unpaired) electrons. The number of hydrogen-bond donors (Lipinski definition) is 2. The molecule has 0 spiro atoms. The first-order chi connectivity index (χ1) is 14.2. The largest absolute Gasteiger partial charge is 0.355 e. The zero-order chi connectivity index (χ0) is 20.1. The molecule has 150 valence electrons. The first-order valence-electron chi connectivity index (χ1n) is 10.3. The van der Waals surface area contributed by atoms with Gasteiger partial charge in [-0.05, 0) is 31.4 Å². The molecule has 2 N–H and O–H groups in total. The van der Waals surface area contributed by atoms with Gasteiger partial charge < -0.3 is 10.6 Å². The van der Waals surface area contributed by atoms with E-state index in [4.69, 9.17) is 5.10 Å². The Labute approximate surface area is 172 Å². The maximum Gasteiger partial charge on any atom is 0.223 e. The molecule has 1 heterocycles. The number of carbonyl (C=O) groups is 1. The number of hydrogen-bond acceptors (Lipinski definition) is 3. The topological polar surface area (TPSA) is 59.0 Å². The van der Waals surface area contributed by atoms with Crippen molar-refractivity contribution in [3.63, 3.8) is 0 Å². The van der Waals surface area contributed by atoms with Gasteiger partial charge in [0.1, 0.15) is 0 Å². The molecule has 1 amide bonds. The Balaban J connectivity index is 1.44. The van der Waals surface area contributed by atoms with Gasteiger partial charge in [0.05, 0.1) is 12.2 Å². The van der Waals surface area contributed by atoms with Gasteiger partial charge in [0.15, 0.2) is 0 Å². The van der Waals surface area contributed by atoms with Crippen LogP contribution in [0.5, 0.6) is 0 Å². The van der Waals surface area contributed by atoms with Crippen LogP contribution in [0.15, 0.2) is 60.8 Å². The molecule has 29 heavy (non-hydrogen) atoms. The summed E-state index contributed by atoms with van der Waals surface area (Å²) in [5.41, 5.74) is 5.77. The Morgan fingerprint density at radius 3 is 2.69 bits per heavy atom. The van der Waals surface area contributed by atoms with Gasteiger partial charge in [0.2, 0.25) is 5.91 Å². The average Bonchev–Trinajstić information content (AvgIpc) is 3.50. The molecule has 2 aromatic carbocycles. The van der Waals surface area contributed by atoms with Crippen molar-refractivity contribution in [2.24, 2.45) is 5.92 Å². The first-order valence-corrected chi connectivity index (χ1v) is 10.3. The molecule has 1 aliphatic carbocycles. The lowest BCUT2D eigenvalue weighted by atomic mass is 10.1. The molecule has 5 nitrogen and oxygen atoms in total. The van der Waals surface area contributed by atoms with E-state index in [0.29, 0.717) is 6.54 Å². The lowest BCUT2D eigenvalue weighted by molar-refractivity contribution is -0.122. The normalized spacial score (nSPS) is 13.4. The molecule has 0 atom stereocenters. The summed E-state index contributed by atoms with van der Waals surface area (Å²) in [7, 11) is 0. The van der Waals surface area contributed by atoms with Crippen LogP contribution in [-0.2, 0) is 17.9 Å². The fourth-order valence-electron chi connectivity index (χ4n) is 3.47. The maximum atomic E-state index is 11.7. The Bertz CT molecular complexity index is 960. The van der Waals surface area contributed by atoms with E-state index in [1.807, 2.05) is 10.7 Å². The molecule has 0 aliphatic heterocycles. The van der Waals surface area contributed by atoms with Crippen molar-refractivity contribution in [2.75, 3.05) is 13.1 Å². The van der Waals surface area contributed by atoms with Crippen LogP contribution in [-0.4, -0.2) is 28.8 Å². The smallest absolute Gasteiger partial charge is 0.223 e. The van der Waals surface area contributed by atoms with E-state index in [1.54, 1.807) is 0 Å². The third-order valence-electron chi connectivity index (χ3n) is 5.18. The molecule has 1 aliphatic rings. The Kier molecular flexibility index (Phi) is 6.06. The SMILES string of the molecule is Cc1cccc(-c2nn(Cc3ccccc3)cc2CNCCNC(=O)C2CC2)c1. The van der Waals surface area contributed by atoms with Crippen molar-refractivity contribution in [3.05, 3.63) is 77.5 Å². The van der Waals surface area contributed by atoms with Crippen LogP contribution in [0.3, 0.4) is 0 Å². The highest BCUT2D eigenvalue weighted by atomic mass is 16.2. The van der Waals surface area contributed by atoms with E-state index in [0.717, 1.165) is 43.7 Å². The second kappa shape index (κ2) is 9.05. The third kappa shape index (κ3) is 5.33. The number of rotatable bonds is 9.